The second-order valence-electron chi connectivity index (χ2n) is 4.72. The molecule has 6 heteroatoms. The van der Waals surface area contributed by atoms with Crippen LogP contribution in [0.25, 0.3) is 0 Å². The Bertz CT molecular complexity index is 597. The van der Waals surface area contributed by atoms with Gasteiger partial charge in [0.1, 0.15) is 12.7 Å². The van der Waals surface area contributed by atoms with Crippen LogP contribution in [0.4, 0.5) is 0 Å². The minimum absolute atomic E-state index is 0.165. The zero-order valence-electron chi connectivity index (χ0n) is 10.8. The minimum Gasteiger partial charge on any atom is -0.389 e. The number of nitrogens with zero attached hydrogens (tertiary/aromatic N) is 3. The number of benzene rings is 1. The second-order valence-corrected chi connectivity index (χ2v) is 4.72. The highest BCUT2D eigenvalue weighted by Gasteiger charge is 2.26. The molecule has 1 atom stereocenters. The zero-order valence-corrected chi connectivity index (χ0v) is 10.8. The average Bonchev–Trinajstić information content (AvgIpc) is 3.10. The molecule has 1 aliphatic heterocycles. The molecule has 1 N–H and O–H groups in total. The zero-order chi connectivity index (χ0) is 13.9. The van der Waals surface area contributed by atoms with Crippen LogP contribution >= 0.6 is 0 Å². The predicted octanol–water partition coefficient (Wildman–Crippen LogP) is 0.680. The number of aliphatic hydroxyl groups excluding tert-OH is 1. The van der Waals surface area contributed by atoms with Crippen molar-refractivity contribution in [3.8, 4) is 0 Å². The first-order valence-corrected chi connectivity index (χ1v) is 6.41. The van der Waals surface area contributed by atoms with Gasteiger partial charge in [0, 0.05) is 18.0 Å². The fourth-order valence-corrected chi connectivity index (χ4v) is 2.14. The first-order valence-electron chi connectivity index (χ1n) is 6.41. The third-order valence-electron chi connectivity index (χ3n) is 3.10. The third kappa shape index (κ3) is 2.71. The summed E-state index contributed by atoms with van der Waals surface area (Å²) in [6, 6.07) is 9.19. The van der Waals surface area contributed by atoms with Gasteiger partial charge in [0.05, 0.1) is 13.1 Å². The maximum atomic E-state index is 12.2. The standard InChI is InChI=1S/C14H15N3O3/c18-13-9-17(20-10-13)14(19)12-4-1-3-11(7-12)8-16-6-2-5-15-16/h1-7,13,18H,8-10H2/t13-/m1/s1. The molecular formula is C14H15N3O3. The Morgan fingerprint density at radius 3 is 3.05 bits per heavy atom. The number of aliphatic hydroxyl groups is 1. The van der Waals surface area contributed by atoms with Crippen molar-refractivity contribution in [3.63, 3.8) is 0 Å². The molecule has 2 aromatic rings. The summed E-state index contributed by atoms with van der Waals surface area (Å²) < 4.78 is 1.79. The van der Waals surface area contributed by atoms with Crippen LogP contribution in [0.15, 0.2) is 42.7 Å². The molecule has 1 aliphatic rings. The largest absolute Gasteiger partial charge is 0.389 e. The molecule has 20 heavy (non-hydrogen) atoms. The van der Waals surface area contributed by atoms with Crippen LogP contribution < -0.4 is 0 Å². The number of hydroxylamine groups is 2. The first kappa shape index (κ1) is 12.8. The molecule has 104 valence electrons. The van der Waals surface area contributed by atoms with Crippen LogP contribution in [0, 0.1) is 0 Å². The molecular weight excluding hydrogens is 258 g/mol. The minimum atomic E-state index is -0.605. The summed E-state index contributed by atoms with van der Waals surface area (Å²) in [4.78, 5) is 17.4. The van der Waals surface area contributed by atoms with Crippen LogP contribution in [0.1, 0.15) is 15.9 Å². The lowest BCUT2D eigenvalue weighted by Crippen LogP contribution is -2.28. The predicted molar refractivity (Wildman–Crippen MR) is 70.8 cm³/mol. The van der Waals surface area contributed by atoms with Gasteiger partial charge in [-0.1, -0.05) is 12.1 Å². The molecule has 0 bridgehead atoms. The molecule has 1 aromatic heterocycles. The fourth-order valence-electron chi connectivity index (χ4n) is 2.14. The van der Waals surface area contributed by atoms with Gasteiger partial charge < -0.3 is 5.11 Å². The lowest BCUT2D eigenvalue weighted by molar-refractivity contribution is -0.0779. The quantitative estimate of drug-likeness (QED) is 0.893. The molecule has 0 radical (unpaired) electrons. The van der Waals surface area contributed by atoms with Crippen LogP contribution in [-0.2, 0) is 11.4 Å². The molecule has 0 unspecified atom stereocenters. The highest BCUT2D eigenvalue weighted by molar-refractivity contribution is 5.93. The number of aromatic nitrogens is 2. The number of hydrogen-bond donors (Lipinski definition) is 1. The molecule has 1 amide bonds. The summed E-state index contributed by atoms with van der Waals surface area (Å²) in [6.45, 7) is 0.985. The molecule has 1 aromatic carbocycles. The van der Waals surface area contributed by atoms with E-state index in [2.05, 4.69) is 5.10 Å². The Hall–Kier alpha value is -2.18. The van der Waals surface area contributed by atoms with Gasteiger partial charge in [0.2, 0.25) is 0 Å². The van der Waals surface area contributed by atoms with Crippen LogP contribution in [0.3, 0.4) is 0 Å². The molecule has 0 spiro atoms. The van der Waals surface area contributed by atoms with E-state index in [0.29, 0.717) is 12.1 Å². The van der Waals surface area contributed by atoms with E-state index in [4.69, 9.17) is 4.84 Å². The lowest BCUT2D eigenvalue weighted by atomic mass is 10.1. The van der Waals surface area contributed by atoms with Crippen molar-refractivity contribution in [3.05, 3.63) is 53.9 Å². The Morgan fingerprint density at radius 2 is 2.35 bits per heavy atom. The van der Waals surface area contributed by atoms with Gasteiger partial charge in [-0.05, 0) is 23.8 Å². The van der Waals surface area contributed by atoms with E-state index in [1.165, 1.54) is 5.06 Å². The van der Waals surface area contributed by atoms with E-state index in [1.54, 1.807) is 16.9 Å². The normalized spacial score (nSPS) is 18.4. The van der Waals surface area contributed by atoms with E-state index in [9.17, 15) is 9.90 Å². The Kier molecular flexibility index (Phi) is 3.49. The number of hydrogen-bond acceptors (Lipinski definition) is 4. The van der Waals surface area contributed by atoms with Crippen molar-refractivity contribution < 1.29 is 14.7 Å². The van der Waals surface area contributed by atoms with Crippen molar-refractivity contribution in [2.45, 2.75) is 12.6 Å². The second kappa shape index (κ2) is 5.44. The Balaban J connectivity index is 1.75. The summed E-state index contributed by atoms with van der Waals surface area (Å²) in [7, 11) is 0. The van der Waals surface area contributed by atoms with Crippen LogP contribution in [0.5, 0.6) is 0 Å². The summed E-state index contributed by atoms with van der Waals surface area (Å²) in [5, 5.41) is 14.7. The fraction of sp³-hybridized carbons (Fsp3) is 0.286. The van der Waals surface area contributed by atoms with Gasteiger partial charge in [0.25, 0.3) is 5.91 Å². The van der Waals surface area contributed by atoms with Gasteiger partial charge >= 0.3 is 0 Å². The summed E-state index contributed by atoms with van der Waals surface area (Å²) in [5.41, 5.74) is 1.53. The van der Waals surface area contributed by atoms with Gasteiger partial charge in [-0.2, -0.15) is 5.10 Å². The van der Waals surface area contributed by atoms with Gasteiger partial charge in [-0.3, -0.25) is 14.3 Å². The molecule has 3 rings (SSSR count). The van der Waals surface area contributed by atoms with Crippen molar-refractivity contribution in [1.29, 1.82) is 0 Å². The first-order chi connectivity index (χ1) is 9.72. The van der Waals surface area contributed by atoms with E-state index < -0.39 is 6.10 Å². The SMILES string of the molecule is O=C(c1cccc(Cn2cccn2)c1)N1C[C@@H](O)CO1. The topological polar surface area (TPSA) is 67.6 Å². The van der Waals surface area contributed by atoms with Crippen LogP contribution in [0.2, 0.25) is 0 Å². The van der Waals surface area contributed by atoms with Gasteiger partial charge in [-0.25, -0.2) is 5.06 Å². The van der Waals surface area contributed by atoms with E-state index in [1.807, 2.05) is 30.5 Å². The third-order valence-corrected chi connectivity index (χ3v) is 3.10. The highest BCUT2D eigenvalue weighted by Crippen LogP contribution is 2.13. The maximum Gasteiger partial charge on any atom is 0.277 e. The molecule has 0 aliphatic carbocycles. The van der Waals surface area contributed by atoms with Gasteiger partial charge in [-0.15, -0.1) is 0 Å². The monoisotopic (exact) mass is 273 g/mol. The maximum absolute atomic E-state index is 12.2. The number of rotatable bonds is 3. The Morgan fingerprint density at radius 1 is 1.45 bits per heavy atom. The van der Waals surface area contributed by atoms with E-state index in [0.717, 1.165) is 5.56 Å². The number of carbonyl (C=O) groups excluding carboxylic acids is 1. The molecule has 0 saturated carbocycles. The number of amides is 1. The summed E-state index contributed by atoms with van der Waals surface area (Å²) >= 11 is 0. The van der Waals surface area contributed by atoms with Crippen molar-refractivity contribution in [2.75, 3.05) is 13.2 Å². The van der Waals surface area contributed by atoms with Crippen molar-refractivity contribution in [1.82, 2.24) is 14.8 Å². The number of β-amino-alcohol motifs (C(OH)–C–C–N with tert-alkyl or cyclic N) is 1. The lowest BCUT2D eigenvalue weighted by Gasteiger charge is -2.14. The van der Waals surface area contributed by atoms with E-state index in [-0.39, 0.29) is 19.1 Å². The van der Waals surface area contributed by atoms with Crippen molar-refractivity contribution in [2.24, 2.45) is 0 Å². The molecule has 1 saturated heterocycles. The Labute approximate surface area is 116 Å². The van der Waals surface area contributed by atoms with E-state index >= 15 is 0 Å². The van der Waals surface area contributed by atoms with Crippen LogP contribution in [-0.4, -0.2) is 45.1 Å². The average molecular weight is 273 g/mol. The smallest absolute Gasteiger partial charge is 0.277 e. The summed E-state index contributed by atoms with van der Waals surface area (Å²) in [6.07, 6.45) is 2.98. The van der Waals surface area contributed by atoms with Crippen molar-refractivity contribution >= 4 is 5.91 Å². The highest BCUT2D eigenvalue weighted by atomic mass is 16.7. The number of carbonyl (C=O) groups is 1. The molecule has 2 heterocycles. The molecule has 6 nitrogen and oxygen atoms in total. The summed E-state index contributed by atoms with van der Waals surface area (Å²) in [5.74, 6) is -0.233. The molecule has 1 fully saturated rings. The van der Waals surface area contributed by atoms with Gasteiger partial charge in [0.15, 0.2) is 0 Å².